The molecule has 0 aliphatic rings. The molecule has 1 N–H and O–H groups in total. The zero-order valence-electron chi connectivity index (χ0n) is 14.3. The number of hydrogen-bond donors (Lipinski definition) is 1. The van der Waals surface area contributed by atoms with E-state index in [1.807, 2.05) is 30.3 Å². The molecule has 0 aliphatic carbocycles. The Kier molecular flexibility index (Phi) is 6.74. The average Bonchev–Trinajstić information content (AvgIpc) is 2.66. The maximum Gasteiger partial charge on any atom is 0.234 e. The molecule has 0 unspecified atom stereocenters. The molecule has 0 saturated carbocycles. The summed E-state index contributed by atoms with van der Waals surface area (Å²) in [6, 6.07) is 20.6. The Balaban J connectivity index is 1.59. The van der Waals surface area contributed by atoms with E-state index >= 15 is 0 Å². The monoisotopic (exact) mass is 401 g/mol. The first-order valence-corrected chi connectivity index (χ1v) is 9.78. The number of amides is 1. The molecule has 27 heavy (non-hydrogen) atoms. The molecule has 0 fully saturated rings. The molecule has 0 aromatic heterocycles. The molecule has 3 rings (SSSR count). The Morgan fingerprint density at radius 2 is 1.78 bits per heavy atom. The summed E-state index contributed by atoms with van der Waals surface area (Å²) in [4.78, 5) is 12.3. The zero-order chi connectivity index (χ0) is 19.1. The minimum Gasteiger partial charge on any atom is -0.455 e. The molecule has 0 bridgehead atoms. The summed E-state index contributed by atoms with van der Waals surface area (Å²) in [6.45, 7) is 0. The smallest absolute Gasteiger partial charge is 0.234 e. The normalized spacial score (nSPS) is 10.4. The van der Waals surface area contributed by atoms with Gasteiger partial charge in [0.25, 0.3) is 0 Å². The Bertz CT molecular complexity index is 904. The third-order valence-corrected chi connectivity index (χ3v) is 4.84. The van der Waals surface area contributed by atoms with Crippen molar-refractivity contribution in [3.05, 3.63) is 89.2 Å². The van der Waals surface area contributed by atoms with E-state index in [1.54, 1.807) is 30.3 Å². The van der Waals surface area contributed by atoms with E-state index in [9.17, 15) is 9.18 Å². The number of anilines is 1. The van der Waals surface area contributed by atoms with Crippen LogP contribution in [0.4, 0.5) is 10.1 Å². The summed E-state index contributed by atoms with van der Waals surface area (Å²) in [6.07, 6.45) is 0. The van der Waals surface area contributed by atoms with Crippen LogP contribution in [0.2, 0.25) is 5.02 Å². The van der Waals surface area contributed by atoms with Crippen LogP contribution in [0, 0.1) is 5.82 Å². The SMILES string of the molecule is O=C(CSCc1ccc(F)cc1)Nc1cc(Cl)ccc1Oc1ccccc1. The lowest BCUT2D eigenvalue weighted by Gasteiger charge is -2.13. The Labute approximate surface area is 166 Å². The van der Waals surface area contributed by atoms with Gasteiger partial charge in [-0.2, -0.15) is 0 Å². The van der Waals surface area contributed by atoms with Gasteiger partial charge in [-0.1, -0.05) is 41.9 Å². The van der Waals surface area contributed by atoms with E-state index in [4.69, 9.17) is 16.3 Å². The molecule has 3 nitrogen and oxygen atoms in total. The van der Waals surface area contributed by atoms with Crippen LogP contribution < -0.4 is 10.1 Å². The summed E-state index contributed by atoms with van der Waals surface area (Å²) in [5.41, 5.74) is 1.48. The second kappa shape index (κ2) is 9.44. The first-order chi connectivity index (χ1) is 13.1. The van der Waals surface area contributed by atoms with Crippen molar-refractivity contribution in [1.82, 2.24) is 0 Å². The zero-order valence-corrected chi connectivity index (χ0v) is 15.9. The molecule has 0 aliphatic heterocycles. The maximum absolute atomic E-state index is 12.9. The number of thioether (sulfide) groups is 1. The molecule has 1 amide bonds. The van der Waals surface area contributed by atoms with Crippen LogP contribution in [0.3, 0.4) is 0 Å². The van der Waals surface area contributed by atoms with Gasteiger partial charge in [-0.25, -0.2) is 4.39 Å². The highest BCUT2D eigenvalue weighted by molar-refractivity contribution is 7.99. The predicted octanol–water partition coefficient (Wildman–Crippen LogP) is 6.14. The standard InChI is InChI=1S/C21H17ClFNO2S/c22-16-8-11-20(26-18-4-2-1-3-5-18)19(12-16)24-21(25)14-27-13-15-6-9-17(23)10-7-15/h1-12H,13-14H2,(H,24,25). The second-order valence-corrected chi connectivity index (χ2v) is 7.15. The molecule has 0 spiro atoms. The van der Waals surface area contributed by atoms with Gasteiger partial charge in [-0.05, 0) is 48.0 Å². The molecule has 138 valence electrons. The number of halogens is 2. The molecule has 0 atom stereocenters. The number of carbonyl (C=O) groups excluding carboxylic acids is 1. The highest BCUT2D eigenvalue weighted by Gasteiger charge is 2.10. The van der Waals surface area contributed by atoms with Crippen molar-refractivity contribution in [2.75, 3.05) is 11.1 Å². The number of nitrogens with one attached hydrogen (secondary N) is 1. The second-order valence-electron chi connectivity index (χ2n) is 5.72. The fourth-order valence-electron chi connectivity index (χ4n) is 2.33. The van der Waals surface area contributed by atoms with E-state index in [0.29, 0.717) is 28.0 Å². The predicted molar refractivity (Wildman–Crippen MR) is 109 cm³/mol. The van der Waals surface area contributed by atoms with Gasteiger partial charge in [0.2, 0.25) is 5.91 Å². The van der Waals surface area contributed by atoms with Gasteiger partial charge >= 0.3 is 0 Å². The highest BCUT2D eigenvalue weighted by Crippen LogP contribution is 2.32. The summed E-state index contributed by atoms with van der Waals surface area (Å²) >= 11 is 7.50. The number of rotatable bonds is 7. The van der Waals surface area contributed by atoms with Gasteiger partial charge in [0.05, 0.1) is 11.4 Å². The highest BCUT2D eigenvalue weighted by atomic mass is 35.5. The topological polar surface area (TPSA) is 38.3 Å². The fourth-order valence-corrected chi connectivity index (χ4v) is 3.29. The summed E-state index contributed by atoms with van der Waals surface area (Å²) in [5.74, 6) is 1.63. The van der Waals surface area contributed by atoms with Gasteiger partial charge in [0.1, 0.15) is 11.6 Å². The average molecular weight is 402 g/mol. The van der Waals surface area contributed by atoms with Crippen LogP contribution in [0.15, 0.2) is 72.8 Å². The summed E-state index contributed by atoms with van der Waals surface area (Å²) in [5, 5.41) is 3.34. The van der Waals surface area contributed by atoms with Gasteiger partial charge in [0.15, 0.2) is 5.75 Å². The van der Waals surface area contributed by atoms with Crippen molar-refractivity contribution in [1.29, 1.82) is 0 Å². The lowest BCUT2D eigenvalue weighted by atomic mass is 10.2. The van der Waals surface area contributed by atoms with E-state index in [0.717, 1.165) is 5.56 Å². The number of hydrogen-bond acceptors (Lipinski definition) is 3. The van der Waals surface area contributed by atoms with Crippen LogP contribution >= 0.6 is 23.4 Å². The lowest BCUT2D eigenvalue weighted by Crippen LogP contribution is -2.14. The maximum atomic E-state index is 12.9. The minimum absolute atomic E-state index is 0.165. The van der Waals surface area contributed by atoms with Crippen molar-refractivity contribution < 1.29 is 13.9 Å². The van der Waals surface area contributed by atoms with E-state index in [2.05, 4.69) is 5.32 Å². The fraction of sp³-hybridized carbons (Fsp3) is 0.0952. The van der Waals surface area contributed by atoms with Gasteiger partial charge in [0, 0.05) is 10.8 Å². The molecule has 0 heterocycles. The third-order valence-electron chi connectivity index (χ3n) is 3.60. The first kappa shape index (κ1) is 19.3. The van der Waals surface area contributed by atoms with E-state index in [-0.39, 0.29) is 17.5 Å². The van der Waals surface area contributed by atoms with Crippen molar-refractivity contribution in [2.24, 2.45) is 0 Å². The molecule has 3 aromatic rings. The number of benzene rings is 3. The minimum atomic E-state index is -0.270. The number of ether oxygens (including phenoxy) is 1. The van der Waals surface area contributed by atoms with Crippen molar-refractivity contribution >= 4 is 35.0 Å². The van der Waals surface area contributed by atoms with Gasteiger partial charge < -0.3 is 10.1 Å². The Morgan fingerprint density at radius 3 is 2.52 bits per heavy atom. The lowest BCUT2D eigenvalue weighted by molar-refractivity contribution is -0.113. The summed E-state index contributed by atoms with van der Waals surface area (Å²) < 4.78 is 18.7. The molecule has 0 saturated heterocycles. The molecular weight excluding hydrogens is 385 g/mol. The van der Waals surface area contributed by atoms with Crippen LogP contribution in [0.5, 0.6) is 11.5 Å². The van der Waals surface area contributed by atoms with Crippen molar-refractivity contribution in [3.63, 3.8) is 0 Å². The molecule has 6 heteroatoms. The van der Waals surface area contributed by atoms with E-state index in [1.165, 1.54) is 23.9 Å². The van der Waals surface area contributed by atoms with E-state index < -0.39 is 0 Å². The quantitative estimate of drug-likeness (QED) is 0.516. The molecule has 3 aromatic carbocycles. The van der Waals surface area contributed by atoms with Crippen LogP contribution in [0.1, 0.15) is 5.56 Å². The van der Waals surface area contributed by atoms with Crippen LogP contribution in [0.25, 0.3) is 0 Å². The number of para-hydroxylation sites is 1. The Hall–Kier alpha value is -2.50. The van der Waals surface area contributed by atoms with Gasteiger partial charge in [-0.3, -0.25) is 4.79 Å². The largest absolute Gasteiger partial charge is 0.455 e. The number of carbonyl (C=O) groups is 1. The molecule has 0 radical (unpaired) electrons. The van der Waals surface area contributed by atoms with Crippen molar-refractivity contribution in [2.45, 2.75) is 5.75 Å². The molecular formula is C21H17ClFNO2S. The van der Waals surface area contributed by atoms with Crippen molar-refractivity contribution in [3.8, 4) is 11.5 Å². The van der Waals surface area contributed by atoms with Crippen LogP contribution in [-0.2, 0) is 10.5 Å². The third kappa shape index (κ3) is 6.01. The Morgan fingerprint density at radius 1 is 1.04 bits per heavy atom. The van der Waals surface area contributed by atoms with Crippen LogP contribution in [-0.4, -0.2) is 11.7 Å². The first-order valence-electron chi connectivity index (χ1n) is 8.24. The van der Waals surface area contributed by atoms with Gasteiger partial charge in [-0.15, -0.1) is 11.8 Å². The summed E-state index contributed by atoms with van der Waals surface area (Å²) in [7, 11) is 0.